The van der Waals surface area contributed by atoms with Crippen molar-refractivity contribution in [1.29, 1.82) is 0 Å². The largest absolute Gasteiger partial charge is 0.450 e. The first-order valence-corrected chi connectivity index (χ1v) is 9.50. The third-order valence-electron chi connectivity index (χ3n) is 4.51. The van der Waals surface area contributed by atoms with E-state index < -0.39 is 17.7 Å². The lowest BCUT2D eigenvalue weighted by atomic mass is 10.2. The van der Waals surface area contributed by atoms with Gasteiger partial charge in [-0.3, -0.25) is 5.32 Å². The highest BCUT2D eigenvalue weighted by Gasteiger charge is 2.21. The van der Waals surface area contributed by atoms with Gasteiger partial charge in [-0.2, -0.15) is 5.10 Å². The van der Waals surface area contributed by atoms with Crippen LogP contribution in [0.1, 0.15) is 12.5 Å². The van der Waals surface area contributed by atoms with E-state index in [0.29, 0.717) is 11.2 Å². The third-order valence-corrected chi connectivity index (χ3v) is 4.51. The molecule has 0 spiro atoms. The standard InChI is InChI=1S/C20H18F2N8O2/c1-2-32-20(31)26-15-16(23)27-18(28-17(15)24)14-12-7-11(21)8-25-19(12)30(29-14)9-10-5-3-4-6-13(10)22/h3-8H,2,9H2,1H3,(H,26,31)(H4,23,24,27,28). The molecule has 164 valence electrons. The summed E-state index contributed by atoms with van der Waals surface area (Å²) in [7, 11) is 0. The van der Waals surface area contributed by atoms with Gasteiger partial charge in [0.15, 0.2) is 23.1 Å². The number of pyridine rings is 1. The summed E-state index contributed by atoms with van der Waals surface area (Å²) >= 11 is 0. The zero-order valence-corrected chi connectivity index (χ0v) is 16.8. The van der Waals surface area contributed by atoms with E-state index >= 15 is 0 Å². The van der Waals surface area contributed by atoms with Gasteiger partial charge in [-0.05, 0) is 19.1 Å². The Kier molecular flexibility index (Phi) is 5.50. The molecule has 3 aromatic heterocycles. The molecule has 3 heterocycles. The Balaban J connectivity index is 1.80. The number of hydrogen-bond donors (Lipinski definition) is 3. The van der Waals surface area contributed by atoms with Crippen molar-refractivity contribution in [2.75, 3.05) is 23.4 Å². The molecule has 0 saturated heterocycles. The van der Waals surface area contributed by atoms with Crippen molar-refractivity contribution in [3.63, 3.8) is 0 Å². The Hall–Kier alpha value is -4.35. The molecule has 0 fully saturated rings. The van der Waals surface area contributed by atoms with Crippen LogP contribution in [0.2, 0.25) is 0 Å². The normalized spacial score (nSPS) is 11.0. The lowest BCUT2D eigenvalue weighted by Gasteiger charge is -2.10. The number of nitrogens with one attached hydrogen (secondary N) is 1. The van der Waals surface area contributed by atoms with Crippen LogP contribution in [0.4, 0.5) is 30.9 Å². The second-order valence-corrected chi connectivity index (χ2v) is 6.66. The summed E-state index contributed by atoms with van der Waals surface area (Å²) in [5.41, 5.74) is 12.7. The molecular formula is C20H18F2N8O2. The number of hydrogen-bond acceptors (Lipinski definition) is 8. The fourth-order valence-corrected chi connectivity index (χ4v) is 3.10. The first-order valence-electron chi connectivity index (χ1n) is 9.50. The second kappa shape index (κ2) is 8.41. The summed E-state index contributed by atoms with van der Waals surface area (Å²) in [4.78, 5) is 24.1. The van der Waals surface area contributed by atoms with Gasteiger partial charge in [-0.15, -0.1) is 0 Å². The Morgan fingerprint density at radius 1 is 1.19 bits per heavy atom. The number of rotatable bonds is 5. The monoisotopic (exact) mass is 440 g/mol. The third kappa shape index (κ3) is 3.97. The summed E-state index contributed by atoms with van der Waals surface area (Å²) in [5.74, 6) is -1.31. The van der Waals surface area contributed by atoms with Gasteiger partial charge in [-0.1, -0.05) is 18.2 Å². The van der Waals surface area contributed by atoms with Crippen LogP contribution < -0.4 is 16.8 Å². The number of fused-ring (bicyclic) bond motifs is 1. The van der Waals surface area contributed by atoms with Gasteiger partial charge in [0.25, 0.3) is 0 Å². The minimum Gasteiger partial charge on any atom is -0.450 e. The van der Waals surface area contributed by atoms with E-state index in [2.05, 4.69) is 25.4 Å². The highest BCUT2D eigenvalue weighted by molar-refractivity contribution is 5.94. The molecule has 1 aromatic carbocycles. The van der Waals surface area contributed by atoms with Crippen LogP contribution in [0.15, 0.2) is 36.5 Å². The summed E-state index contributed by atoms with van der Waals surface area (Å²) in [6.45, 7) is 1.83. The van der Waals surface area contributed by atoms with Gasteiger partial charge in [0, 0.05) is 5.56 Å². The van der Waals surface area contributed by atoms with Crippen LogP contribution in [0.5, 0.6) is 0 Å². The maximum absolute atomic E-state index is 14.2. The number of carbonyl (C=O) groups excluding carboxylic acids is 1. The Morgan fingerprint density at radius 3 is 2.59 bits per heavy atom. The van der Waals surface area contributed by atoms with Crippen LogP contribution in [0.3, 0.4) is 0 Å². The summed E-state index contributed by atoms with van der Waals surface area (Å²) in [6.07, 6.45) is 0.259. The second-order valence-electron chi connectivity index (χ2n) is 6.66. The topological polar surface area (TPSA) is 147 Å². The van der Waals surface area contributed by atoms with Crippen LogP contribution in [0.25, 0.3) is 22.6 Å². The summed E-state index contributed by atoms with van der Waals surface area (Å²) in [6, 6.07) is 7.41. The van der Waals surface area contributed by atoms with Crippen molar-refractivity contribution in [3.05, 3.63) is 53.7 Å². The molecule has 0 aliphatic carbocycles. The van der Waals surface area contributed by atoms with E-state index in [-0.39, 0.29) is 47.4 Å². The number of amides is 1. The summed E-state index contributed by atoms with van der Waals surface area (Å²) in [5, 5.41) is 7.07. The predicted molar refractivity (Wildman–Crippen MR) is 113 cm³/mol. The first-order chi connectivity index (χ1) is 15.4. The number of halogens is 2. The molecule has 0 bridgehead atoms. The Morgan fingerprint density at radius 2 is 1.91 bits per heavy atom. The number of carbonyl (C=O) groups is 1. The van der Waals surface area contributed by atoms with Crippen molar-refractivity contribution in [3.8, 4) is 11.5 Å². The quantitative estimate of drug-likeness (QED) is 0.429. The number of anilines is 3. The number of ether oxygens (including phenoxy) is 1. The Labute approximate surface area is 180 Å². The van der Waals surface area contributed by atoms with Crippen LogP contribution in [0, 0.1) is 11.6 Å². The molecule has 1 amide bonds. The average Bonchev–Trinajstić information content (AvgIpc) is 3.10. The van der Waals surface area contributed by atoms with E-state index in [0.717, 1.165) is 6.20 Å². The molecule has 0 atom stereocenters. The molecule has 4 aromatic rings. The number of nitrogens with two attached hydrogens (primary N) is 2. The van der Waals surface area contributed by atoms with Gasteiger partial charge >= 0.3 is 6.09 Å². The number of benzene rings is 1. The lowest BCUT2D eigenvalue weighted by Crippen LogP contribution is -2.17. The fraction of sp³-hybridized carbons (Fsp3) is 0.150. The molecule has 10 nitrogen and oxygen atoms in total. The van der Waals surface area contributed by atoms with E-state index in [1.54, 1.807) is 25.1 Å². The predicted octanol–water partition coefficient (Wildman–Crippen LogP) is 2.95. The molecule has 0 aliphatic heterocycles. The van der Waals surface area contributed by atoms with Gasteiger partial charge in [0.2, 0.25) is 0 Å². The molecule has 32 heavy (non-hydrogen) atoms. The van der Waals surface area contributed by atoms with Gasteiger partial charge in [0.1, 0.15) is 23.0 Å². The van der Waals surface area contributed by atoms with E-state index in [1.165, 1.54) is 16.8 Å². The summed E-state index contributed by atoms with van der Waals surface area (Å²) < 4.78 is 34.3. The smallest absolute Gasteiger partial charge is 0.411 e. The minimum atomic E-state index is -0.770. The van der Waals surface area contributed by atoms with E-state index in [4.69, 9.17) is 16.2 Å². The van der Waals surface area contributed by atoms with Gasteiger partial charge in [0.05, 0.1) is 24.7 Å². The zero-order valence-electron chi connectivity index (χ0n) is 16.8. The van der Waals surface area contributed by atoms with Crippen molar-refractivity contribution >= 4 is 34.4 Å². The molecule has 0 radical (unpaired) electrons. The van der Waals surface area contributed by atoms with Gasteiger partial charge < -0.3 is 16.2 Å². The maximum Gasteiger partial charge on any atom is 0.411 e. The van der Waals surface area contributed by atoms with Crippen molar-refractivity contribution < 1.29 is 18.3 Å². The maximum atomic E-state index is 14.2. The van der Waals surface area contributed by atoms with Crippen LogP contribution >= 0.6 is 0 Å². The fourth-order valence-electron chi connectivity index (χ4n) is 3.10. The minimum absolute atomic E-state index is 0.0147. The number of aromatic nitrogens is 5. The van der Waals surface area contributed by atoms with Crippen molar-refractivity contribution in [1.82, 2.24) is 24.7 Å². The van der Waals surface area contributed by atoms with E-state index in [1.807, 2.05) is 0 Å². The first kappa shape index (κ1) is 20.9. The molecule has 12 heteroatoms. The molecule has 5 N–H and O–H groups in total. The highest BCUT2D eigenvalue weighted by atomic mass is 19.1. The van der Waals surface area contributed by atoms with Crippen molar-refractivity contribution in [2.45, 2.75) is 13.5 Å². The molecule has 0 unspecified atom stereocenters. The molecular weight excluding hydrogens is 422 g/mol. The molecule has 4 rings (SSSR count). The van der Waals surface area contributed by atoms with Crippen LogP contribution in [-0.4, -0.2) is 37.4 Å². The number of nitrogen functional groups attached to an aromatic ring is 2. The SMILES string of the molecule is CCOC(=O)Nc1c(N)nc(-c2nn(Cc3ccccc3F)c3ncc(F)cc23)nc1N. The lowest BCUT2D eigenvalue weighted by molar-refractivity contribution is 0.168. The Bertz CT molecular complexity index is 1300. The van der Waals surface area contributed by atoms with Gasteiger partial charge in [-0.25, -0.2) is 33.2 Å². The molecule has 0 aliphatic rings. The average molecular weight is 440 g/mol. The van der Waals surface area contributed by atoms with E-state index in [9.17, 15) is 13.6 Å². The molecule has 0 saturated carbocycles. The highest BCUT2D eigenvalue weighted by Crippen LogP contribution is 2.30. The van der Waals surface area contributed by atoms with Crippen LogP contribution in [-0.2, 0) is 11.3 Å². The number of nitrogens with zero attached hydrogens (tertiary/aromatic N) is 5. The van der Waals surface area contributed by atoms with Crippen molar-refractivity contribution in [2.24, 2.45) is 0 Å². The zero-order chi connectivity index (χ0) is 22.8.